The van der Waals surface area contributed by atoms with Gasteiger partial charge in [-0.3, -0.25) is 0 Å². The molecule has 40 heavy (non-hydrogen) atoms. The van der Waals surface area contributed by atoms with Crippen molar-refractivity contribution in [2.24, 2.45) is 0 Å². The van der Waals surface area contributed by atoms with Gasteiger partial charge in [0.2, 0.25) is 0 Å². The van der Waals surface area contributed by atoms with Gasteiger partial charge in [0.15, 0.2) is 5.82 Å². The van der Waals surface area contributed by atoms with E-state index >= 15 is 0 Å². The lowest BCUT2D eigenvalue weighted by atomic mass is 9.82. The van der Waals surface area contributed by atoms with Gasteiger partial charge in [-0.05, 0) is 46.5 Å². The molecule has 190 valence electrons. The largest absolute Gasteiger partial charge is 0.456 e. The van der Waals surface area contributed by atoms with E-state index in [4.69, 9.17) is 14.4 Å². The first kappa shape index (κ1) is 22.9. The van der Waals surface area contributed by atoms with Gasteiger partial charge in [-0.2, -0.15) is 0 Å². The zero-order valence-electron chi connectivity index (χ0n) is 22.3. The summed E-state index contributed by atoms with van der Waals surface area (Å²) < 4.78 is 6.20. The maximum atomic E-state index is 6.20. The van der Waals surface area contributed by atoms with Crippen LogP contribution in [0.15, 0.2) is 126 Å². The van der Waals surface area contributed by atoms with Gasteiger partial charge in [0, 0.05) is 32.9 Å². The second-order valence-electron chi connectivity index (χ2n) is 11.0. The fourth-order valence-corrected chi connectivity index (χ4v) is 6.30. The normalized spacial score (nSPS) is 13.4. The van der Waals surface area contributed by atoms with Crippen LogP contribution in [-0.2, 0) is 5.41 Å². The molecule has 3 nitrogen and oxygen atoms in total. The zero-order valence-corrected chi connectivity index (χ0v) is 22.3. The first-order valence-electron chi connectivity index (χ1n) is 13.7. The minimum Gasteiger partial charge on any atom is -0.456 e. The summed E-state index contributed by atoms with van der Waals surface area (Å²) >= 11 is 0. The number of aromatic nitrogens is 2. The molecule has 0 bridgehead atoms. The van der Waals surface area contributed by atoms with E-state index in [-0.39, 0.29) is 5.41 Å². The third-order valence-electron chi connectivity index (χ3n) is 8.32. The molecule has 2 heterocycles. The third-order valence-corrected chi connectivity index (χ3v) is 8.32. The second kappa shape index (κ2) is 8.49. The Morgan fingerprint density at radius 1 is 0.525 bits per heavy atom. The van der Waals surface area contributed by atoms with Crippen LogP contribution in [0.4, 0.5) is 0 Å². The molecule has 0 spiro atoms. The highest BCUT2D eigenvalue weighted by molar-refractivity contribution is 6.12. The Labute approximate surface area is 232 Å². The first-order chi connectivity index (χ1) is 19.6. The quantitative estimate of drug-likeness (QED) is 0.236. The molecular weight excluding hydrogens is 488 g/mol. The lowest BCUT2D eigenvalue weighted by molar-refractivity contribution is 0.660. The molecule has 0 atom stereocenters. The van der Waals surface area contributed by atoms with E-state index in [0.29, 0.717) is 5.82 Å². The van der Waals surface area contributed by atoms with Crippen LogP contribution < -0.4 is 0 Å². The van der Waals surface area contributed by atoms with Crippen molar-refractivity contribution < 1.29 is 4.42 Å². The van der Waals surface area contributed by atoms with Gasteiger partial charge in [0.05, 0.1) is 11.4 Å². The van der Waals surface area contributed by atoms with Crippen LogP contribution in [0.25, 0.3) is 67.0 Å². The molecule has 5 aromatic carbocycles. The fourth-order valence-electron chi connectivity index (χ4n) is 6.30. The molecule has 0 fully saturated rings. The number of benzene rings is 5. The smallest absolute Gasteiger partial charge is 0.160 e. The Morgan fingerprint density at radius 2 is 1.23 bits per heavy atom. The van der Waals surface area contributed by atoms with Crippen molar-refractivity contribution in [2.45, 2.75) is 19.3 Å². The fraction of sp³-hybridized carbons (Fsp3) is 0.0811. The Balaban J connectivity index is 1.37. The molecule has 0 unspecified atom stereocenters. The molecule has 1 aliphatic carbocycles. The van der Waals surface area contributed by atoms with E-state index < -0.39 is 0 Å². The van der Waals surface area contributed by atoms with Crippen molar-refractivity contribution in [3.8, 4) is 45.0 Å². The minimum atomic E-state index is -0.0820. The number of fused-ring (bicyclic) bond motifs is 6. The van der Waals surface area contributed by atoms with Crippen molar-refractivity contribution in [1.82, 2.24) is 9.97 Å². The second-order valence-corrected chi connectivity index (χ2v) is 11.0. The van der Waals surface area contributed by atoms with Crippen molar-refractivity contribution in [1.29, 1.82) is 0 Å². The van der Waals surface area contributed by atoms with Crippen molar-refractivity contribution >= 4 is 21.9 Å². The van der Waals surface area contributed by atoms with Gasteiger partial charge < -0.3 is 4.42 Å². The molecule has 0 N–H and O–H groups in total. The molecule has 1 aliphatic rings. The maximum Gasteiger partial charge on any atom is 0.160 e. The van der Waals surface area contributed by atoms with Gasteiger partial charge in [0.25, 0.3) is 0 Å². The number of rotatable bonds is 3. The van der Waals surface area contributed by atoms with Crippen LogP contribution in [0, 0.1) is 0 Å². The zero-order chi connectivity index (χ0) is 26.8. The third kappa shape index (κ3) is 3.37. The molecule has 2 aromatic heterocycles. The first-order valence-corrected chi connectivity index (χ1v) is 13.7. The molecule has 0 saturated heterocycles. The van der Waals surface area contributed by atoms with Gasteiger partial charge in [-0.25, -0.2) is 9.97 Å². The molecule has 7 aromatic rings. The maximum absolute atomic E-state index is 6.20. The Morgan fingerprint density at radius 3 is 2.12 bits per heavy atom. The summed E-state index contributed by atoms with van der Waals surface area (Å²) in [5, 5.41) is 2.17. The van der Waals surface area contributed by atoms with Crippen molar-refractivity contribution in [3.63, 3.8) is 0 Å². The number of para-hydroxylation sites is 1. The van der Waals surface area contributed by atoms with Gasteiger partial charge in [-0.1, -0.05) is 111 Å². The van der Waals surface area contributed by atoms with Crippen LogP contribution in [0.1, 0.15) is 25.0 Å². The standard InChI is InChI=1S/C37H26N2O/c1-37(2)29-16-8-6-13-25(29)26-20-19-24(21-30(26)37)31-22-32(39-36(38-31)23-11-4-3-5-12-23)27-15-10-18-34-35(27)28-14-7-9-17-33(28)40-34/h3-22H,1-2H3. The van der Waals surface area contributed by atoms with Crippen LogP contribution >= 0.6 is 0 Å². The lowest BCUT2D eigenvalue weighted by Crippen LogP contribution is -2.14. The SMILES string of the molecule is CC1(C)c2ccccc2-c2ccc(-c3cc(-c4cccc5oc6ccccc6c45)nc(-c4ccccc4)n3)cc21. The van der Waals surface area contributed by atoms with Crippen LogP contribution in [0.5, 0.6) is 0 Å². The topological polar surface area (TPSA) is 38.9 Å². The molecule has 8 rings (SSSR count). The predicted molar refractivity (Wildman–Crippen MR) is 163 cm³/mol. The number of hydrogen-bond donors (Lipinski definition) is 0. The Bertz CT molecular complexity index is 2090. The van der Waals surface area contributed by atoms with Crippen LogP contribution in [0.3, 0.4) is 0 Å². The highest BCUT2D eigenvalue weighted by atomic mass is 16.3. The molecule has 0 amide bonds. The summed E-state index contributed by atoms with van der Waals surface area (Å²) in [4.78, 5) is 10.2. The van der Waals surface area contributed by atoms with E-state index in [2.05, 4.69) is 92.7 Å². The number of hydrogen-bond acceptors (Lipinski definition) is 3. The molecule has 0 saturated carbocycles. The highest BCUT2D eigenvalue weighted by Gasteiger charge is 2.35. The summed E-state index contributed by atoms with van der Waals surface area (Å²) in [5.41, 5.74) is 11.9. The molecular formula is C37H26N2O. The van der Waals surface area contributed by atoms with Crippen LogP contribution in [-0.4, -0.2) is 9.97 Å². The summed E-state index contributed by atoms with van der Waals surface area (Å²) in [7, 11) is 0. The van der Waals surface area contributed by atoms with E-state index in [9.17, 15) is 0 Å². The van der Waals surface area contributed by atoms with Crippen molar-refractivity contribution in [2.75, 3.05) is 0 Å². The van der Waals surface area contributed by atoms with Crippen molar-refractivity contribution in [3.05, 3.63) is 132 Å². The van der Waals surface area contributed by atoms with Gasteiger partial charge >= 0.3 is 0 Å². The Hall–Kier alpha value is -5.02. The van der Waals surface area contributed by atoms with Gasteiger partial charge in [0.1, 0.15) is 11.2 Å². The van der Waals surface area contributed by atoms with E-state index in [1.807, 2.05) is 42.5 Å². The number of furan rings is 1. The Kier molecular flexibility index (Phi) is 4.86. The lowest BCUT2D eigenvalue weighted by Gasteiger charge is -2.22. The van der Waals surface area contributed by atoms with E-state index in [1.165, 1.54) is 22.3 Å². The average Bonchev–Trinajstić information content (AvgIpc) is 3.50. The highest BCUT2D eigenvalue weighted by Crippen LogP contribution is 2.49. The molecule has 3 heteroatoms. The molecule has 0 radical (unpaired) electrons. The minimum absolute atomic E-state index is 0.0820. The summed E-state index contributed by atoms with van der Waals surface area (Å²) in [6, 6.07) is 42.3. The van der Waals surface area contributed by atoms with Gasteiger partial charge in [-0.15, -0.1) is 0 Å². The average molecular weight is 515 g/mol. The predicted octanol–water partition coefficient (Wildman–Crippen LogP) is 9.68. The monoisotopic (exact) mass is 514 g/mol. The summed E-state index contributed by atoms with van der Waals surface area (Å²) in [5.74, 6) is 0.709. The summed E-state index contributed by atoms with van der Waals surface area (Å²) in [6.45, 7) is 4.62. The number of nitrogens with zero attached hydrogens (tertiary/aromatic N) is 2. The van der Waals surface area contributed by atoms with Crippen LogP contribution in [0.2, 0.25) is 0 Å². The van der Waals surface area contributed by atoms with E-state index in [1.54, 1.807) is 0 Å². The molecule has 0 aliphatic heterocycles. The summed E-state index contributed by atoms with van der Waals surface area (Å²) in [6.07, 6.45) is 0. The van der Waals surface area contributed by atoms with E-state index in [0.717, 1.165) is 50.0 Å².